The summed E-state index contributed by atoms with van der Waals surface area (Å²) in [4.78, 5) is 22.7. The van der Waals surface area contributed by atoms with E-state index in [-0.39, 0.29) is 0 Å². The van der Waals surface area contributed by atoms with Crippen LogP contribution < -0.4 is 0 Å². The van der Waals surface area contributed by atoms with Crippen molar-refractivity contribution >= 4 is 35.1 Å². The highest BCUT2D eigenvalue weighted by Crippen LogP contribution is 2.29. The van der Waals surface area contributed by atoms with E-state index in [1.54, 1.807) is 0 Å². The van der Waals surface area contributed by atoms with Gasteiger partial charge in [-0.3, -0.25) is 9.59 Å². The zero-order valence-corrected chi connectivity index (χ0v) is 13.2. The van der Waals surface area contributed by atoms with Crippen LogP contribution in [0.4, 0.5) is 0 Å². The van der Waals surface area contributed by atoms with Crippen LogP contribution in [0.25, 0.3) is 0 Å². The lowest BCUT2D eigenvalue weighted by Crippen LogP contribution is -2.18. The number of hydrogen-bond donors (Lipinski definition) is 0. The molecule has 0 N–H and O–H groups in total. The summed E-state index contributed by atoms with van der Waals surface area (Å²) in [5.74, 6) is 3.26. The summed E-state index contributed by atoms with van der Waals surface area (Å²) in [7, 11) is 0. The zero-order chi connectivity index (χ0) is 13.5. The van der Waals surface area contributed by atoms with Crippen molar-refractivity contribution in [1.29, 1.82) is 0 Å². The number of carbonyl (C=O) groups is 2. The first-order chi connectivity index (χ1) is 9.24. The second kappa shape index (κ2) is 8.35. The lowest BCUT2D eigenvalue weighted by atomic mass is 9.99. The molecule has 2 atom stereocenters. The van der Waals surface area contributed by atoms with Gasteiger partial charge in [0.15, 0.2) is 0 Å². The van der Waals surface area contributed by atoms with Gasteiger partial charge in [0.1, 0.15) is 11.6 Å². The SMILES string of the molecule is O=C1CCCC(SCCCSC2CCCC(=O)C2)C1. The highest BCUT2D eigenvalue weighted by molar-refractivity contribution is 8.00. The van der Waals surface area contributed by atoms with Gasteiger partial charge in [0, 0.05) is 36.2 Å². The normalized spacial score (nSPS) is 28.6. The molecule has 108 valence electrons. The summed E-state index contributed by atoms with van der Waals surface area (Å²) in [6, 6.07) is 0. The molecule has 0 spiro atoms. The Labute approximate surface area is 124 Å². The van der Waals surface area contributed by atoms with Gasteiger partial charge in [-0.25, -0.2) is 0 Å². The maximum atomic E-state index is 11.4. The number of ketones is 2. The Hall–Kier alpha value is 0.0400. The van der Waals surface area contributed by atoms with E-state index in [2.05, 4.69) is 0 Å². The standard InChI is InChI=1S/C15H24O2S2/c16-12-4-1-6-14(10-12)18-8-3-9-19-15-7-2-5-13(17)11-15/h14-15H,1-11H2. The van der Waals surface area contributed by atoms with Crippen molar-refractivity contribution in [1.82, 2.24) is 0 Å². The van der Waals surface area contributed by atoms with Gasteiger partial charge in [-0.15, -0.1) is 0 Å². The van der Waals surface area contributed by atoms with Gasteiger partial charge in [-0.2, -0.15) is 23.5 Å². The number of carbonyl (C=O) groups excluding carboxylic acids is 2. The first-order valence-corrected chi connectivity index (χ1v) is 9.60. The molecule has 0 aliphatic heterocycles. The molecule has 2 aliphatic rings. The average Bonchev–Trinajstić information content (AvgIpc) is 2.38. The molecule has 19 heavy (non-hydrogen) atoms. The van der Waals surface area contributed by atoms with Crippen molar-refractivity contribution in [2.75, 3.05) is 11.5 Å². The first-order valence-electron chi connectivity index (χ1n) is 7.50. The van der Waals surface area contributed by atoms with Gasteiger partial charge < -0.3 is 0 Å². The van der Waals surface area contributed by atoms with Crippen LogP contribution in [-0.2, 0) is 9.59 Å². The molecule has 0 amide bonds. The largest absolute Gasteiger partial charge is 0.300 e. The molecule has 0 aromatic carbocycles. The van der Waals surface area contributed by atoms with Gasteiger partial charge in [-0.1, -0.05) is 0 Å². The minimum absolute atomic E-state index is 0.457. The molecule has 4 heteroatoms. The maximum absolute atomic E-state index is 11.4. The van der Waals surface area contributed by atoms with E-state index in [4.69, 9.17) is 0 Å². The van der Waals surface area contributed by atoms with Crippen molar-refractivity contribution in [3.63, 3.8) is 0 Å². The van der Waals surface area contributed by atoms with Crippen LogP contribution in [0, 0.1) is 0 Å². The molecule has 0 aromatic rings. The van der Waals surface area contributed by atoms with E-state index < -0.39 is 0 Å². The number of hydrogen-bond acceptors (Lipinski definition) is 4. The predicted octanol–water partition coefficient (Wildman–Crippen LogP) is 3.87. The molecule has 0 radical (unpaired) electrons. The van der Waals surface area contributed by atoms with Gasteiger partial charge in [0.05, 0.1) is 0 Å². The lowest BCUT2D eigenvalue weighted by Gasteiger charge is -2.21. The minimum Gasteiger partial charge on any atom is -0.300 e. The highest BCUT2D eigenvalue weighted by Gasteiger charge is 2.20. The third-order valence-corrected chi connectivity index (χ3v) is 6.67. The fourth-order valence-electron chi connectivity index (χ4n) is 2.81. The second-order valence-electron chi connectivity index (χ2n) is 5.61. The summed E-state index contributed by atoms with van der Waals surface area (Å²) in [5, 5.41) is 1.17. The Balaban J connectivity index is 1.50. The van der Waals surface area contributed by atoms with Gasteiger partial charge in [-0.05, 0) is 43.6 Å². The van der Waals surface area contributed by atoms with Crippen LogP contribution in [0.3, 0.4) is 0 Å². The maximum Gasteiger partial charge on any atom is 0.134 e. The van der Waals surface area contributed by atoms with E-state index in [9.17, 15) is 9.59 Å². The van der Waals surface area contributed by atoms with Gasteiger partial charge >= 0.3 is 0 Å². The van der Waals surface area contributed by atoms with Crippen molar-refractivity contribution < 1.29 is 9.59 Å². The molecule has 2 rings (SSSR count). The molecule has 0 aromatic heterocycles. The molecule has 2 saturated carbocycles. The smallest absolute Gasteiger partial charge is 0.134 e. The third-order valence-electron chi connectivity index (χ3n) is 3.87. The van der Waals surface area contributed by atoms with E-state index in [0.717, 1.165) is 38.5 Å². The Morgan fingerprint density at radius 3 is 1.74 bits per heavy atom. The van der Waals surface area contributed by atoms with Crippen LogP contribution in [0.15, 0.2) is 0 Å². The second-order valence-corrected chi connectivity index (χ2v) is 8.43. The number of thioether (sulfide) groups is 2. The zero-order valence-electron chi connectivity index (χ0n) is 11.6. The molecular weight excluding hydrogens is 276 g/mol. The quantitative estimate of drug-likeness (QED) is 0.697. The third kappa shape index (κ3) is 5.90. The molecule has 0 heterocycles. The van der Waals surface area contributed by atoms with Crippen molar-refractivity contribution in [2.24, 2.45) is 0 Å². The van der Waals surface area contributed by atoms with E-state index in [1.807, 2.05) is 23.5 Å². The highest BCUT2D eigenvalue weighted by atomic mass is 32.2. The summed E-state index contributed by atoms with van der Waals surface area (Å²) in [6.07, 6.45) is 9.06. The van der Waals surface area contributed by atoms with E-state index in [0.29, 0.717) is 22.1 Å². The van der Waals surface area contributed by atoms with Crippen LogP contribution >= 0.6 is 23.5 Å². The Morgan fingerprint density at radius 2 is 1.32 bits per heavy atom. The Morgan fingerprint density at radius 1 is 0.842 bits per heavy atom. The van der Waals surface area contributed by atoms with E-state index >= 15 is 0 Å². The molecule has 2 aliphatic carbocycles. The van der Waals surface area contributed by atoms with Crippen molar-refractivity contribution in [2.45, 2.75) is 68.3 Å². The molecular formula is C15H24O2S2. The van der Waals surface area contributed by atoms with Crippen LogP contribution in [0.2, 0.25) is 0 Å². The molecule has 2 nitrogen and oxygen atoms in total. The first kappa shape index (κ1) is 15.4. The summed E-state index contributed by atoms with van der Waals surface area (Å²) < 4.78 is 0. The lowest BCUT2D eigenvalue weighted by molar-refractivity contribution is -0.120. The van der Waals surface area contributed by atoms with Gasteiger partial charge in [0.2, 0.25) is 0 Å². The fraction of sp³-hybridized carbons (Fsp3) is 0.867. The molecule has 2 unspecified atom stereocenters. The summed E-state index contributed by atoms with van der Waals surface area (Å²) in [5.41, 5.74) is 0. The molecule has 0 saturated heterocycles. The van der Waals surface area contributed by atoms with Crippen LogP contribution in [0.1, 0.15) is 57.8 Å². The molecule has 0 bridgehead atoms. The van der Waals surface area contributed by atoms with Gasteiger partial charge in [0.25, 0.3) is 0 Å². The minimum atomic E-state index is 0.457. The summed E-state index contributed by atoms with van der Waals surface area (Å²) >= 11 is 3.97. The monoisotopic (exact) mass is 300 g/mol. The fourth-order valence-corrected chi connectivity index (χ4v) is 5.56. The Bertz CT molecular complexity index is 287. The van der Waals surface area contributed by atoms with E-state index in [1.165, 1.54) is 30.8 Å². The topological polar surface area (TPSA) is 34.1 Å². The summed E-state index contributed by atoms with van der Waals surface area (Å²) in [6.45, 7) is 0. The molecule has 2 fully saturated rings. The number of rotatable bonds is 6. The average molecular weight is 300 g/mol. The van der Waals surface area contributed by atoms with Crippen LogP contribution in [-0.4, -0.2) is 33.6 Å². The predicted molar refractivity (Wildman–Crippen MR) is 84.1 cm³/mol. The van der Waals surface area contributed by atoms with Crippen molar-refractivity contribution in [3.05, 3.63) is 0 Å². The van der Waals surface area contributed by atoms with Crippen molar-refractivity contribution in [3.8, 4) is 0 Å². The van der Waals surface area contributed by atoms with Crippen LogP contribution in [0.5, 0.6) is 0 Å². The number of Topliss-reactive ketones (excluding diaryl/α,β-unsaturated/α-hetero) is 2. The Kier molecular flexibility index (Phi) is 6.78.